The summed E-state index contributed by atoms with van der Waals surface area (Å²) in [6.07, 6.45) is 6.93. The van der Waals surface area contributed by atoms with E-state index in [0.29, 0.717) is 6.54 Å². The molecule has 1 heterocycles. The average Bonchev–Trinajstić information content (AvgIpc) is 2.17. The topological polar surface area (TPSA) is 17.8 Å². The number of hydrogen-bond acceptors (Lipinski definition) is 1. The Balaban J connectivity index is 2.76. The van der Waals surface area contributed by atoms with Crippen molar-refractivity contribution >= 4 is 0 Å². The molecule has 0 bridgehead atoms. The summed E-state index contributed by atoms with van der Waals surface area (Å²) >= 11 is 0. The van der Waals surface area contributed by atoms with E-state index in [4.69, 9.17) is 6.42 Å². The molecule has 1 rings (SSSR count). The fraction of sp³-hybridized carbons (Fsp3) is 0.286. The molecule has 0 fully saturated rings. The third kappa shape index (κ3) is 1.33. The molecule has 0 radical (unpaired) electrons. The molecular weight excluding hydrogens is 112 g/mol. The molecule has 1 aromatic rings. The zero-order valence-electron chi connectivity index (χ0n) is 5.33. The van der Waals surface area contributed by atoms with E-state index in [2.05, 4.69) is 11.0 Å². The normalized spacial score (nSPS) is 8.89. The van der Waals surface area contributed by atoms with Crippen molar-refractivity contribution in [3.8, 4) is 12.3 Å². The molecule has 0 saturated carbocycles. The number of rotatable bonds is 1. The Labute approximate surface area is 54.5 Å². The second-order valence-corrected chi connectivity index (χ2v) is 1.86. The van der Waals surface area contributed by atoms with Gasteiger partial charge in [0.05, 0.1) is 5.69 Å². The minimum absolute atomic E-state index is 0.563. The Morgan fingerprint density at radius 2 is 2.67 bits per heavy atom. The van der Waals surface area contributed by atoms with Crippen LogP contribution in [0.4, 0.5) is 0 Å². The van der Waals surface area contributed by atoms with Crippen molar-refractivity contribution in [2.45, 2.75) is 13.5 Å². The maximum Gasteiger partial charge on any atom is 0.101 e. The molecule has 1 aromatic heterocycles. The lowest BCUT2D eigenvalue weighted by atomic mass is 10.5. The van der Waals surface area contributed by atoms with Crippen molar-refractivity contribution in [1.82, 2.24) is 9.78 Å². The summed E-state index contributed by atoms with van der Waals surface area (Å²) < 4.78 is 1.73. The molecule has 0 N–H and O–H groups in total. The maximum absolute atomic E-state index is 5.06. The van der Waals surface area contributed by atoms with Gasteiger partial charge in [0.25, 0.3) is 0 Å². The molecule has 0 atom stereocenters. The highest BCUT2D eigenvalue weighted by Gasteiger charge is 1.87. The summed E-state index contributed by atoms with van der Waals surface area (Å²) in [5.74, 6) is 2.50. The summed E-state index contributed by atoms with van der Waals surface area (Å²) in [6.45, 7) is 2.50. The van der Waals surface area contributed by atoms with E-state index in [0.717, 1.165) is 5.69 Å². The first kappa shape index (κ1) is 5.90. The van der Waals surface area contributed by atoms with Crippen molar-refractivity contribution < 1.29 is 0 Å². The molecule has 0 aliphatic heterocycles. The minimum atomic E-state index is 0.563. The quantitative estimate of drug-likeness (QED) is 0.502. The van der Waals surface area contributed by atoms with Gasteiger partial charge in [0.15, 0.2) is 0 Å². The van der Waals surface area contributed by atoms with E-state index >= 15 is 0 Å². The molecule has 0 saturated heterocycles. The van der Waals surface area contributed by atoms with Gasteiger partial charge in [-0.2, -0.15) is 5.10 Å². The van der Waals surface area contributed by atoms with Crippen molar-refractivity contribution in [1.29, 1.82) is 0 Å². The Bertz CT molecular complexity index is 229. The van der Waals surface area contributed by atoms with Gasteiger partial charge >= 0.3 is 0 Å². The molecule has 0 amide bonds. The molecule has 46 valence electrons. The van der Waals surface area contributed by atoms with Gasteiger partial charge in [0.1, 0.15) is 6.54 Å². The van der Waals surface area contributed by atoms with E-state index in [1.54, 1.807) is 4.68 Å². The Hall–Kier alpha value is -1.23. The summed E-state index contributed by atoms with van der Waals surface area (Å²) in [5, 5.41) is 4.07. The van der Waals surface area contributed by atoms with Gasteiger partial charge < -0.3 is 0 Å². The van der Waals surface area contributed by atoms with Gasteiger partial charge in [-0.3, -0.25) is 4.68 Å². The minimum Gasteiger partial charge on any atom is -0.261 e. The van der Waals surface area contributed by atoms with Gasteiger partial charge in [-0.15, -0.1) is 6.42 Å². The third-order valence-electron chi connectivity index (χ3n) is 1.03. The van der Waals surface area contributed by atoms with Gasteiger partial charge in [-0.05, 0) is 13.0 Å². The monoisotopic (exact) mass is 120 g/mol. The van der Waals surface area contributed by atoms with Crippen LogP contribution in [0.25, 0.3) is 0 Å². The summed E-state index contributed by atoms with van der Waals surface area (Å²) in [4.78, 5) is 0. The van der Waals surface area contributed by atoms with Crippen LogP contribution >= 0.6 is 0 Å². The molecule has 0 aliphatic carbocycles. The number of hydrogen-bond donors (Lipinski definition) is 0. The number of aryl methyl sites for hydroxylation is 1. The first-order valence-electron chi connectivity index (χ1n) is 2.76. The predicted octanol–water partition coefficient (Wildman–Crippen LogP) is 0.825. The predicted molar refractivity (Wildman–Crippen MR) is 35.8 cm³/mol. The van der Waals surface area contributed by atoms with E-state index in [1.807, 2.05) is 19.2 Å². The smallest absolute Gasteiger partial charge is 0.101 e. The largest absolute Gasteiger partial charge is 0.261 e. The Kier molecular flexibility index (Phi) is 1.55. The number of terminal acetylenes is 1. The van der Waals surface area contributed by atoms with Crippen LogP contribution in [0.15, 0.2) is 12.3 Å². The van der Waals surface area contributed by atoms with Crippen molar-refractivity contribution in [3.63, 3.8) is 0 Å². The van der Waals surface area contributed by atoms with Crippen LogP contribution in [0.2, 0.25) is 0 Å². The van der Waals surface area contributed by atoms with Crippen LogP contribution < -0.4 is 0 Å². The van der Waals surface area contributed by atoms with Crippen LogP contribution in [-0.4, -0.2) is 9.78 Å². The van der Waals surface area contributed by atoms with E-state index < -0.39 is 0 Å². The lowest BCUT2D eigenvalue weighted by Gasteiger charge is -1.88. The van der Waals surface area contributed by atoms with Crippen molar-refractivity contribution in [2.24, 2.45) is 0 Å². The van der Waals surface area contributed by atoms with Gasteiger partial charge in [-0.1, -0.05) is 5.92 Å². The van der Waals surface area contributed by atoms with E-state index in [1.165, 1.54) is 0 Å². The van der Waals surface area contributed by atoms with Crippen LogP contribution in [0.1, 0.15) is 5.69 Å². The summed E-state index contributed by atoms with van der Waals surface area (Å²) in [6, 6.07) is 1.93. The average molecular weight is 120 g/mol. The second-order valence-electron chi connectivity index (χ2n) is 1.86. The molecule has 0 unspecified atom stereocenters. The zero-order valence-corrected chi connectivity index (χ0v) is 5.33. The van der Waals surface area contributed by atoms with Gasteiger partial charge in [-0.25, -0.2) is 0 Å². The first-order valence-corrected chi connectivity index (χ1v) is 2.76. The van der Waals surface area contributed by atoms with Gasteiger partial charge in [0, 0.05) is 6.20 Å². The van der Waals surface area contributed by atoms with Crippen LogP contribution in [0.5, 0.6) is 0 Å². The van der Waals surface area contributed by atoms with Crippen LogP contribution in [-0.2, 0) is 6.54 Å². The lowest BCUT2D eigenvalue weighted by molar-refractivity contribution is 0.707. The molecule has 2 nitrogen and oxygen atoms in total. The number of aromatic nitrogens is 2. The first-order chi connectivity index (χ1) is 4.33. The summed E-state index contributed by atoms with van der Waals surface area (Å²) in [5.41, 5.74) is 1.00. The SMILES string of the molecule is C#CCn1ccc(C)n1. The Morgan fingerprint density at radius 3 is 3.11 bits per heavy atom. The van der Waals surface area contributed by atoms with Crippen molar-refractivity contribution in [3.05, 3.63) is 18.0 Å². The molecule has 9 heavy (non-hydrogen) atoms. The summed E-state index contributed by atoms with van der Waals surface area (Å²) in [7, 11) is 0. The molecule has 0 spiro atoms. The van der Waals surface area contributed by atoms with Crippen molar-refractivity contribution in [2.75, 3.05) is 0 Å². The van der Waals surface area contributed by atoms with Crippen LogP contribution in [0, 0.1) is 19.3 Å². The lowest BCUT2D eigenvalue weighted by Crippen LogP contribution is -1.95. The highest BCUT2D eigenvalue weighted by atomic mass is 15.3. The fourth-order valence-electron chi connectivity index (χ4n) is 0.645. The van der Waals surface area contributed by atoms with E-state index in [-0.39, 0.29) is 0 Å². The fourth-order valence-corrected chi connectivity index (χ4v) is 0.645. The highest BCUT2D eigenvalue weighted by molar-refractivity contribution is 4.96. The second kappa shape index (κ2) is 2.36. The highest BCUT2D eigenvalue weighted by Crippen LogP contribution is 1.90. The molecular formula is C7H8N2. The maximum atomic E-state index is 5.06. The molecule has 0 aromatic carbocycles. The standard InChI is InChI=1S/C7H8N2/c1-3-5-9-6-4-7(2)8-9/h1,4,6H,5H2,2H3. The molecule has 0 aliphatic rings. The zero-order chi connectivity index (χ0) is 6.69. The van der Waals surface area contributed by atoms with Gasteiger partial charge in [0.2, 0.25) is 0 Å². The molecule has 2 heteroatoms. The third-order valence-corrected chi connectivity index (χ3v) is 1.03. The number of nitrogens with zero attached hydrogens (tertiary/aromatic N) is 2. The Morgan fingerprint density at radius 1 is 1.89 bits per heavy atom. The van der Waals surface area contributed by atoms with Crippen LogP contribution in [0.3, 0.4) is 0 Å². The van der Waals surface area contributed by atoms with E-state index in [9.17, 15) is 0 Å².